The lowest BCUT2D eigenvalue weighted by Crippen LogP contribution is -2.04. The highest BCUT2D eigenvalue weighted by atomic mass is 16.5. The van der Waals surface area contributed by atoms with E-state index in [1.54, 1.807) is 21.3 Å². The number of aldehydes is 1. The Bertz CT molecular complexity index is 401. The summed E-state index contributed by atoms with van der Waals surface area (Å²) in [7, 11) is 4.84. The van der Waals surface area contributed by atoms with Gasteiger partial charge in [-0.2, -0.15) is 0 Å². The van der Waals surface area contributed by atoms with Crippen LogP contribution in [0.1, 0.15) is 30.4 Å². The fraction of sp³-hybridized carbons (Fsp3) is 0.500. The minimum absolute atomic E-state index is 0.132. The SMILES string of the molecule is COCc1cc(OC)c(OC)cc1C(C)CC=O. The predicted octanol–water partition coefficient (Wildman–Crippen LogP) is 2.54. The van der Waals surface area contributed by atoms with Crippen LogP contribution >= 0.6 is 0 Å². The van der Waals surface area contributed by atoms with Crippen molar-refractivity contribution in [3.05, 3.63) is 23.3 Å². The summed E-state index contributed by atoms with van der Waals surface area (Å²) in [5.74, 6) is 1.48. The third-order valence-electron chi connectivity index (χ3n) is 2.93. The van der Waals surface area contributed by atoms with Crippen molar-refractivity contribution in [1.82, 2.24) is 0 Å². The first-order chi connectivity index (χ1) is 8.67. The van der Waals surface area contributed by atoms with E-state index in [-0.39, 0.29) is 5.92 Å². The first-order valence-corrected chi connectivity index (χ1v) is 5.85. The van der Waals surface area contributed by atoms with Gasteiger partial charge in [0.05, 0.1) is 20.8 Å². The lowest BCUT2D eigenvalue weighted by atomic mass is 9.93. The molecule has 0 aliphatic rings. The lowest BCUT2D eigenvalue weighted by Gasteiger charge is -2.18. The van der Waals surface area contributed by atoms with Crippen molar-refractivity contribution in [2.75, 3.05) is 21.3 Å². The maximum atomic E-state index is 10.6. The molecule has 0 heterocycles. The van der Waals surface area contributed by atoms with E-state index in [1.165, 1.54) is 0 Å². The third kappa shape index (κ3) is 3.23. The van der Waals surface area contributed by atoms with Crippen LogP contribution in [0.25, 0.3) is 0 Å². The molecule has 0 saturated heterocycles. The molecule has 0 spiro atoms. The van der Waals surface area contributed by atoms with Crippen LogP contribution < -0.4 is 9.47 Å². The Morgan fingerprint density at radius 2 is 1.78 bits per heavy atom. The molecule has 100 valence electrons. The molecule has 0 aliphatic carbocycles. The molecular weight excluding hydrogens is 232 g/mol. The van der Waals surface area contributed by atoms with E-state index in [9.17, 15) is 4.79 Å². The fourth-order valence-corrected chi connectivity index (χ4v) is 1.95. The summed E-state index contributed by atoms with van der Waals surface area (Å²) in [4.78, 5) is 10.6. The second-order valence-corrected chi connectivity index (χ2v) is 4.14. The van der Waals surface area contributed by atoms with Crippen LogP contribution in [-0.4, -0.2) is 27.6 Å². The van der Waals surface area contributed by atoms with Crippen LogP contribution in [0.2, 0.25) is 0 Å². The quantitative estimate of drug-likeness (QED) is 0.699. The van der Waals surface area contributed by atoms with Gasteiger partial charge in [-0.15, -0.1) is 0 Å². The number of ether oxygens (including phenoxy) is 3. The average Bonchev–Trinajstić information content (AvgIpc) is 2.38. The first kappa shape index (κ1) is 14.5. The van der Waals surface area contributed by atoms with E-state index in [0.717, 1.165) is 17.4 Å². The maximum absolute atomic E-state index is 10.6. The summed E-state index contributed by atoms with van der Waals surface area (Å²) in [6.07, 6.45) is 1.41. The number of hydrogen-bond donors (Lipinski definition) is 0. The highest BCUT2D eigenvalue weighted by Gasteiger charge is 2.15. The van der Waals surface area contributed by atoms with Crippen molar-refractivity contribution in [3.8, 4) is 11.5 Å². The van der Waals surface area contributed by atoms with Crippen molar-refractivity contribution >= 4 is 6.29 Å². The molecule has 1 atom stereocenters. The number of benzene rings is 1. The van der Waals surface area contributed by atoms with Crippen molar-refractivity contribution in [2.45, 2.75) is 25.9 Å². The highest BCUT2D eigenvalue weighted by Crippen LogP contribution is 2.34. The Kier molecular flexibility index (Phi) is 5.65. The van der Waals surface area contributed by atoms with Gasteiger partial charge in [-0.1, -0.05) is 6.92 Å². The molecule has 0 aromatic heterocycles. The van der Waals surface area contributed by atoms with Gasteiger partial charge < -0.3 is 19.0 Å². The van der Waals surface area contributed by atoms with Crippen molar-refractivity contribution in [1.29, 1.82) is 0 Å². The number of rotatable bonds is 7. The number of carbonyl (C=O) groups is 1. The Hall–Kier alpha value is -1.55. The van der Waals surface area contributed by atoms with E-state index in [0.29, 0.717) is 24.5 Å². The zero-order chi connectivity index (χ0) is 13.5. The predicted molar refractivity (Wildman–Crippen MR) is 69.4 cm³/mol. The Morgan fingerprint density at radius 1 is 1.17 bits per heavy atom. The van der Waals surface area contributed by atoms with E-state index in [2.05, 4.69) is 0 Å². The maximum Gasteiger partial charge on any atom is 0.161 e. The minimum atomic E-state index is 0.132. The summed E-state index contributed by atoms with van der Waals surface area (Å²) >= 11 is 0. The molecule has 0 radical (unpaired) electrons. The standard InChI is InChI=1S/C14H20O4/c1-10(5-6-15)12-8-14(18-4)13(17-3)7-11(12)9-16-2/h6-8,10H,5,9H2,1-4H3. The van der Waals surface area contributed by atoms with Crippen LogP contribution in [0.4, 0.5) is 0 Å². The molecule has 0 fully saturated rings. The highest BCUT2D eigenvalue weighted by molar-refractivity contribution is 5.54. The molecule has 0 saturated carbocycles. The molecule has 0 aliphatic heterocycles. The Balaban J connectivity index is 3.22. The first-order valence-electron chi connectivity index (χ1n) is 5.85. The van der Waals surface area contributed by atoms with Crippen LogP contribution in [0.15, 0.2) is 12.1 Å². The average molecular weight is 252 g/mol. The van der Waals surface area contributed by atoms with Crippen LogP contribution in [0.3, 0.4) is 0 Å². The molecule has 0 N–H and O–H groups in total. The molecule has 1 rings (SSSR count). The molecule has 4 nitrogen and oxygen atoms in total. The summed E-state index contributed by atoms with van der Waals surface area (Å²) in [6.45, 7) is 2.49. The summed E-state index contributed by atoms with van der Waals surface area (Å²) < 4.78 is 15.7. The zero-order valence-electron chi connectivity index (χ0n) is 11.4. The normalized spacial score (nSPS) is 12.0. The molecule has 1 aromatic rings. The van der Waals surface area contributed by atoms with Gasteiger partial charge in [-0.3, -0.25) is 0 Å². The van der Waals surface area contributed by atoms with Crippen LogP contribution in [-0.2, 0) is 16.1 Å². The van der Waals surface area contributed by atoms with Crippen molar-refractivity contribution in [2.24, 2.45) is 0 Å². The molecule has 1 unspecified atom stereocenters. The largest absolute Gasteiger partial charge is 0.493 e. The number of carbonyl (C=O) groups excluding carboxylic acids is 1. The van der Waals surface area contributed by atoms with Gasteiger partial charge in [-0.25, -0.2) is 0 Å². The van der Waals surface area contributed by atoms with Gasteiger partial charge in [0.15, 0.2) is 11.5 Å². The second kappa shape index (κ2) is 7.01. The molecule has 1 aromatic carbocycles. The number of methoxy groups -OCH3 is 3. The lowest BCUT2D eigenvalue weighted by molar-refractivity contribution is -0.108. The molecule has 0 amide bonds. The smallest absolute Gasteiger partial charge is 0.161 e. The van der Waals surface area contributed by atoms with E-state index in [1.807, 2.05) is 19.1 Å². The summed E-state index contributed by atoms with van der Waals surface area (Å²) in [6, 6.07) is 3.82. The van der Waals surface area contributed by atoms with Gasteiger partial charge in [0.1, 0.15) is 6.29 Å². The number of hydrogen-bond acceptors (Lipinski definition) is 4. The van der Waals surface area contributed by atoms with Crippen molar-refractivity contribution in [3.63, 3.8) is 0 Å². The summed E-state index contributed by atoms with van der Waals surface area (Å²) in [5.41, 5.74) is 2.08. The topological polar surface area (TPSA) is 44.8 Å². The Labute approximate surface area is 108 Å². The van der Waals surface area contributed by atoms with Gasteiger partial charge in [0.2, 0.25) is 0 Å². The fourth-order valence-electron chi connectivity index (χ4n) is 1.95. The van der Waals surface area contributed by atoms with Gasteiger partial charge in [-0.05, 0) is 29.2 Å². The van der Waals surface area contributed by atoms with Crippen LogP contribution in [0, 0.1) is 0 Å². The van der Waals surface area contributed by atoms with Gasteiger partial charge in [0.25, 0.3) is 0 Å². The van der Waals surface area contributed by atoms with E-state index >= 15 is 0 Å². The van der Waals surface area contributed by atoms with Crippen LogP contribution in [0.5, 0.6) is 11.5 Å². The molecule has 0 bridgehead atoms. The molecule has 4 heteroatoms. The van der Waals surface area contributed by atoms with Gasteiger partial charge in [0, 0.05) is 13.5 Å². The monoisotopic (exact) mass is 252 g/mol. The van der Waals surface area contributed by atoms with E-state index in [4.69, 9.17) is 14.2 Å². The molecule has 18 heavy (non-hydrogen) atoms. The zero-order valence-corrected chi connectivity index (χ0v) is 11.4. The summed E-state index contributed by atoms with van der Waals surface area (Å²) in [5, 5.41) is 0. The Morgan fingerprint density at radius 3 is 2.28 bits per heavy atom. The molecular formula is C14H20O4. The van der Waals surface area contributed by atoms with E-state index < -0.39 is 0 Å². The van der Waals surface area contributed by atoms with Gasteiger partial charge >= 0.3 is 0 Å². The second-order valence-electron chi connectivity index (χ2n) is 4.14. The third-order valence-corrected chi connectivity index (χ3v) is 2.93. The van der Waals surface area contributed by atoms with Crippen molar-refractivity contribution < 1.29 is 19.0 Å². The minimum Gasteiger partial charge on any atom is -0.493 e.